The Bertz CT molecular complexity index is 632. The second kappa shape index (κ2) is 7.09. The van der Waals surface area contributed by atoms with E-state index in [9.17, 15) is 9.59 Å². The molecule has 1 atom stereocenters. The first-order chi connectivity index (χ1) is 11.5. The van der Waals surface area contributed by atoms with Gasteiger partial charge in [-0.3, -0.25) is 14.5 Å². The first-order valence-electron chi connectivity index (χ1n) is 8.16. The van der Waals surface area contributed by atoms with Crippen molar-refractivity contribution in [2.24, 2.45) is 5.92 Å². The molecule has 0 aromatic heterocycles. The molecule has 1 aromatic carbocycles. The third-order valence-electron chi connectivity index (χ3n) is 4.26. The highest BCUT2D eigenvalue weighted by Gasteiger charge is 2.30. The fourth-order valence-corrected chi connectivity index (χ4v) is 3.07. The van der Waals surface area contributed by atoms with Crippen molar-refractivity contribution < 1.29 is 19.1 Å². The van der Waals surface area contributed by atoms with Crippen LogP contribution in [0.4, 0.5) is 5.69 Å². The smallest absolute Gasteiger partial charge is 0.238 e. The van der Waals surface area contributed by atoms with Crippen LogP contribution in [0, 0.1) is 5.92 Å². The molecule has 0 spiro atoms. The van der Waals surface area contributed by atoms with E-state index in [-0.39, 0.29) is 24.3 Å². The number of benzene rings is 1. The summed E-state index contributed by atoms with van der Waals surface area (Å²) in [5, 5.41) is 2.87. The molecular weight excluding hydrogens is 310 g/mol. The van der Waals surface area contributed by atoms with E-state index in [1.807, 2.05) is 4.90 Å². The Kier molecular flexibility index (Phi) is 4.89. The lowest BCUT2D eigenvalue weighted by atomic mass is 10.1. The summed E-state index contributed by atoms with van der Waals surface area (Å²) >= 11 is 0. The largest absolute Gasteiger partial charge is 0.486 e. The Balaban J connectivity index is 1.52. The number of nitrogens with one attached hydrogen (secondary N) is 1. The van der Waals surface area contributed by atoms with E-state index in [4.69, 9.17) is 9.47 Å². The third-order valence-corrected chi connectivity index (χ3v) is 4.26. The summed E-state index contributed by atoms with van der Waals surface area (Å²) in [6.07, 6.45) is 0.800. The SMILES string of the molecule is CN(C)C(=O)C1CCN(CC(=O)Nc2ccc3c(c2)OCCO3)C1. The molecule has 1 saturated heterocycles. The zero-order valence-corrected chi connectivity index (χ0v) is 14.1. The average Bonchev–Trinajstić information content (AvgIpc) is 3.02. The van der Waals surface area contributed by atoms with E-state index >= 15 is 0 Å². The number of nitrogens with zero attached hydrogens (tertiary/aromatic N) is 2. The number of likely N-dealkylation sites (tertiary alicyclic amines) is 1. The van der Waals surface area contributed by atoms with Gasteiger partial charge >= 0.3 is 0 Å². The molecule has 0 aliphatic carbocycles. The molecule has 3 rings (SSSR count). The van der Waals surface area contributed by atoms with Crippen LogP contribution in [0.15, 0.2) is 18.2 Å². The Morgan fingerprint density at radius 3 is 2.75 bits per heavy atom. The Morgan fingerprint density at radius 1 is 1.25 bits per heavy atom. The maximum atomic E-state index is 12.2. The second-order valence-corrected chi connectivity index (χ2v) is 6.36. The molecule has 1 unspecified atom stereocenters. The lowest BCUT2D eigenvalue weighted by molar-refractivity contribution is -0.132. The molecule has 1 fully saturated rings. The second-order valence-electron chi connectivity index (χ2n) is 6.36. The van der Waals surface area contributed by atoms with Crippen LogP contribution < -0.4 is 14.8 Å². The monoisotopic (exact) mass is 333 g/mol. The Labute approximate surface area is 141 Å². The van der Waals surface area contributed by atoms with Gasteiger partial charge in [-0.05, 0) is 25.1 Å². The molecule has 0 saturated carbocycles. The molecule has 2 aliphatic rings. The molecule has 2 heterocycles. The molecule has 7 heteroatoms. The van der Waals surface area contributed by atoms with Crippen LogP contribution in [-0.2, 0) is 9.59 Å². The highest BCUT2D eigenvalue weighted by atomic mass is 16.6. The molecule has 0 bridgehead atoms. The van der Waals surface area contributed by atoms with Gasteiger partial charge < -0.3 is 19.7 Å². The maximum absolute atomic E-state index is 12.2. The van der Waals surface area contributed by atoms with Crippen LogP contribution in [0.25, 0.3) is 0 Å². The third kappa shape index (κ3) is 3.79. The molecule has 24 heavy (non-hydrogen) atoms. The standard InChI is InChI=1S/C17H23N3O4/c1-19(2)17(22)12-5-6-20(10-12)11-16(21)18-13-3-4-14-15(9-13)24-8-7-23-14/h3-4,9,12H,5-8,10-11H2,1-2H3,(H,18,21). The summed E-state index contributed by atoms with van der Waals surface area (Å²) in [5.41, 5.74) is 0.685. The van der Waals surface area contributed by atoms with Gasteiger partial charge in [-0.1, -0.05) is 0 Å². The fourth-order valence-electron chi connectivity index (χ4n) is 3.07. The van der Waals surface area contributed by atoms with E-state index in [1.54, 1.807) is 37.2 Å². The van der Waals surface area contributed by atoms with Crippen molar-refractivity contribution in [2.45, 2.75) is 6.42 Å². The van der Waals surface area contributed by atoms with E-state index < -0.39 is 0 Å². The van der Waals surface area contributed by atoms with E-state index in [0.29, 0.717) is 36.9 Å². The van der Waals surface area contributed by atoms with Crippen molar-refractivity contribution >= 4 is 17.5 Å². The summed E-state index contributed by atoms with van der Waals surface area (Å²) in [6, 6.07) is 5.37. The van der Waals surface area contributed by atoms with Gasteiger partial charge in [0.25, 0.3) is 0 Å². The van der Waals surface area contributed by atoms with E-state index in [1.165, 1.54) is 0 Å². The average molecular weight is 333 g/mol. The molecule has 2 amide bonds. The van der Waals surface area contributed by atoms with Gasteiger partial charge in [0.15, 0.2) is 11.5 Å². The summed E-state index contributed by atoms with van der Waals surface area (Å²) in [7, 11) is 3.53. The lowest BCUT2D eigenvalue weighted by Crippen LogP contribution is -2.35. The number of carbonyl (C=O) groups is 2. The predicted octanol–water partition coefficient (Wildman–Crippen LogP) is 0.806. The fraction of sp³-hybridized carbons (Fsp3) is 0.529. The molecule has 2 aliphatic heterocycles. The molecule has 0 radical (unpaired) electrons. The quantitative estimate of drug-likeness (QED) is 0.883. The molecule has 1 aromatic rings. The minimum Gasteiger partial charge on any atom is -0.486 e. The van der Waals surface area contributed by atoms with Crippen LogP contribution in [0.1, 0.15) is 6.42 Å². The normalized spacial score (nSPS) is 19.8. The van der Waals surface area contributed by atoms with Crippen molar-refractivity contribution in [3.63, 3.8) is 0 Å². The van der Waals surface area contributed by atoms with Crippen LogP contribution in [0.5, 0.6) is 11.5 Å². The van der Waals surface area contributed by atoms with E-state index in [0.717, 1.165) is 13.0 Å². The molecule has 1 N–H and O–H groups in total. The van der Waals surface area contributed by atoms with Crippen LogP contribution in [0.2, 0.25) is 0 Å². The number of ether oxygens (including phenoxy) is 2. The number of hydrogen-bond acceptors (Lipinski definition) is 5. The highest BCUT2D eigenvalue weighted by Crippen LogP contribution is 2.32. The minimum absolute atomic E-state index is 0.0120. The van der Waals surface area contributed by atoms with Crippen LogP contribution >= 0.6 is 0 Å². The van der Waals surface area contributed by atoms with Crippen LogP contribution in [0.3, 0.4) is 0 Å². The van der Waals surface area contributed by atoms with Gasteiger partial charge in [0, 0.05) is 32.4 Å². The van der Waals surface area contributed by atoms with Gasteiger partial charge in [0.05, 0.1) is 12.5 Å². The number of amides is 2. The van der Waals surface area contributed by atoms with Gasteiger partial charge in [0.1, 0.15) is 13.2 Å². The van der Waals surface area contributed by atoms with Crippen molar-refractivity contribution in [2.75, 3.05) is 52.3 Å². The summed E-state index contributed by atoms with van der Waals surface area (Å²) < 4.78 is 11.0. The summed E-state index contributed by atoms with van der Waals surface area (Å²) in [5.74, 6) is 1.37. The van der Waals surface area contributed by atoms with Gasteiger partial charge in [-0.2, -0.15) is 0 Å². The van der Waals surface area contributed by atoms with E-state index in [2.05, 4.69) is 5.32 Å². The zero-order valence-electron chi connectivity index (χ0n) is 14.1. The highest BCUT2D eigenvalue weighted by molar-refractivity contribution is 5.92. The topological polar surface area (TPSA) is 71.1 Å². The van der Waals surface area contributed by atoms with Crippen LogP contribution in [-0.4, -0.2) is 68.6 Å². The first kappa shape index (κ1) is 16.6. The van der Waals surface area contributed by atoms with Crippen molar-refractivity contribution in [3.8, 4) is 11.5 Å². The number of hydrogen-bond donors (Lipinski definition) is 1. The Hall–Kier alpha value is -2.28. The number of rotatable bonds is 4. The summed E-state index contributed by atoms with van der Waals surface area (Å²) in [4.78, 5) is 27.8. The van der Waals surface area contributed by atoms with Gasteiger partial charge in [-0.15, -0.1) is 0 Å². The Morgan fingerprint density at radius 2 is 2.00 bits per heavy atom. The number of carbonyl (C=O) groups excluding carboxylic acids is 2. The zero-order chi connectivity index (χ0) is 17.1. The minimum atomic E-state index is -0.0929. The summed E-state index contributed by atoms with van der Waals surface area (Å²) in [6.45, 7) is 2.73. The maximum Gasteiger partial charge on any atom is 0.238 e. The molecular formula is C17H23N3O4. The first-order valence-corrected chi connectivity index (χ1v) is 8.16. The van der Waals surface area contributed by atoms with Gasteiger partial charge in [-0.25, -0.2) is 0 Å². The molecule has 130 valence electrons. The van der Waals surface area contributed by atoms with Crippen molar-refractivity contribution in [3.05, 3.63) is 18.2 Å². The lowest BCUT2D eigenvalue weighted by Gasteiger charge is -2.20. The van der Waals surface area contributed by atoms with Crippen molar-refractivity contribution in [1.82, 2.24) is 9.80 Å². The molecule has 7 nitrogen and oxygen atoms in total. The van der Waals surface area contributed by atoms with Gasteiger partial charge in [0.2, 0.25) is 11.8 Å². The van der Waals surface area contributed by atoms with Crippen molar-refractivity contribution in [1.29, 1.82) is 0 Å². The number of anilines is 1. The predicted molar refractivity (Wildman–Crippen MR) is 89.3 cm³/mol. The number of fused-ring (bicyclic) bond motifs is 1.